The SMILES string of the molecule is C=S(C)(=O)O.Cc1cccc(COc2cc(C(C)(C)C)nn2Cc2ccc(CNc3ccc(CCC(=O)O)c(F)c3)cc2)n1. The molecule has 0 fully saturated rings. The number of hydrogen-bond acceptors (Lipinski definition) is 6. The smallest absolute Gasteiger partial charge is 0.303 e. The van der Waals surface area contributed by atoms with Crippen LogP contribution in [-0.2, 0) is 46.1 Å². The maximum atomic E-state index is 14.3. The molecule has 2 heterocycles. The molecule has 236 valence electrons. The molecule has 11 heteroatoms. The van der Waals surface area contributed by atoms with Gasteiger partial charge in [-0.05, 0) is 60.2 Å². The molecule has 0 aliphatic rings. The summed E-state index contributed by atoms with van der Waals surface area (Å²) in [5.74, 6) is 2.21. The maximum absolute atomic E-state index is 14.3. The second kappa shape index (κ2) is 15.0. The number of carboxylic acids is 1. The first kappa shape index (κ1) is 34.3. The number of aliphatic carboxylic acids is 1. The van der Waals surface area contributed by atoms with Crippen LogP contribution in [0.3, 0.4) is 0 Å². The van der Waals surface area contributed by atoms with E-state index in [-0.39, 0.29) is 18.3 Å². The van der Waals surface area contributed by atoms with Crippen molar-refractivity contribution >= 4 is 27.3 Å². The number of carboxylic acid groups (broad SMARTS) is 1. The van der Waals surface area contributed by atoms with E-state index >= 15 is 0 Å². The number of ether oxygens (including phenoxy) is 1. The average molecular weight is 625 g/mol. The number of aromatic nitrogens is 3. The van der Waals surface area contributed by atoms with Crippen LogP contribution in [0.25, 0.3) is 0 Å². The summed E-state index contributed by atoms with van der Waals surface area (Å²) in [6, 6.07) is 20.9. The number of hydrogen-bond donors (Lipinski definition) is 3. The third-order valence-electron chi connectivity index (χ3n) is 6.34. The van der Waals surface area contributed by atoms with Crippen LogP contribution in [0, 0.1) is 12.7 Å². The molecule has 44 heavy (non-hydrogen) atoms. The van der Waals surface area contributed by atoms with E-state index in [0.29, 0.717) is 36.8 Å². The third-order valence-corrected chi connectivity index (χ3v) is 6.34. The van der Waals surface area contributed by atoms with Gasteiger partial charge in [-0.15, -0.1) is 0 Å². The van der Waals surface area contributed by atoms with Crippen molar-refractivity contribution in [3.05, 3.63) is 106 Å². The summed E-state index contributed by atoms with van der Waals surface area (Å²) in [5, 5.41) is 16.9. The summed E-state index contributed by atoms with van der Waals surface area (Å²) in [6.45, 7) is 9.80. The molecule has 4 aromatic rings. The van der Waals surface area contributed by atoms with E-state index in [2.05, 4.69) is 49.1 Å². The molecule has 0 amide bonds. The second-order valence-electron chi connectivity index (χ2n) is 11.7. The molecular formula is C33H41FN4O5S. The lowest BCUT2D eigenvalue weighted by atomic mass is 9.93. The summed E-state index contributed by atoms with van der Waals surface area (Å²) >= 11 is 0. The van der Waals surface area contributed by atoms with Crippen molar-refractivity contribution in [2.75, 3.05) is 11.6 Å². The maximum Gasteiger partial charge on any atom is 0.303 e. The van der Waals surface area contributed by atoms with Crippen molar-refractivity contribution in [2.24, 2.45) is 0 Å². The lowest BCUT2D eigenvalue weighted by Gasteiger charge is -2.14. The van der Waals surface area contributed by atoms with E-state index in [0.717, 1.165) is 34.5 Å². The first-order valence-electron chi connectivity index (χ1n) is 14.1. The number of pyridine rings is 1. The van der Waals surface area contributed by atoms with Crippen molar-refractivity contribution < 1.29 is 27.8 Å². The lowest BCUT2D eigenvalue weighted by molar-refractivity contribution is -0.136. The fraction of sp³-hybridized carbons (Fsp3) is 0.333. The fourth-order valence-corrected chi connectivity index (χ4v) is 4.06. The standard InChI is InChI=1S/C31H35FN4O3.C2H6O2S/c1-21-6-5-7-26(34-21)20-39-29-17-28(31(2,3)4)35-36(29)19-23-10-8-22(9-11-23)18-33-25-14-12-24(27(32)16-25)13-15-30(37)38;1-5(2,3)4/h5-12,14,16-17,33H,13,15,18-20H2,1-4H3,(H,37,38);1H2,2H3,(H,3,4). The fourth-order valence-electron chi connectivity index (χ4n) is 4.06. The third kappa shape index (κ3) is 11.8. The molecule has 0 aliphatic carbocycles. The van der Waals surface area contributed by atoms with Gasteiger partial charge in [-0.3, -0.25) is 9.78 Å². The van der Waals surface area contributed by atoms with Gasteiger partial charge in [0.1, 0.15) is 12.4 Å². The molecule has 0 spiro atoms. The van der Waals surface area contributed by atoms with Crippen LogP contribution < -0.4 is 10.1 Å². The van der Waals surface area contributed by atoms with Crippen molar-refractivity contribution in [2.45, 2.75) is 65.6 Å². The van der Waals surface area contributed by atoms with E-state index in [1.807, 2.05) is 48.0 Å². The molecule has 2 aromatic heterocycles. The molecular weight excluding hydrogens is 583 g/mol. The molecule has 3 N–H and O–H groups in total. The quantitative estimate of drug-likeness (QED) is 0.171. The van der Waals surface area contributed by atoms with Gasteiger partial charge >= 0.3 is 5.97 Å². The van der Waals surface area contributed by atoms with Crippen LogP contribution in [0.2, 0.25) is 0 Å². The van der Waals surface area contributed by atoms with Gasteiger partial charge in [0.25, 0.3) is 0 Å². The van der Waals surface area contributed by atoms with Crippen LogP contribution in [0.15, 0.2) is 66.7 Å². The number of halogens is 1. The summed E-state index contributed by atoms with van der Waals surface area (Å²) in [6.07, 6.45) is 1.24. The van der Waals surface area contributed by atoms with Crippen molar-refractivity contribution in [1.82, 2.24) is 14.8 Å². The van der Waals surface area contributed by atoms with Crippen LogP contribution in [0.1, 0.15) is 61.0 Å². The van der Waals surface area contributed by atoms with E-state index < -0.39 is 21.6 Å². The van der Waals surface area contributed by atoms with Crippen LogP contribution in [-0.4, -0.2) is 46.7 Å². The summed E-state index contributed by atoms with van der Waals surface area (Å²) in [4.78, 5) is 15.3. The zero-order valence-corrected chi connectivity index (χ0v) is 26.7. The minimum atomic E-state index is -2.67. The van der Waals surface area contributed by atoms with Crippen molar-refractivity contribution in [1.29, 1.82) is 0 Å². The predicted octanol–water partition coefficient (Wildman–Crippen LogP) is 6.09. The van der Waals surface area contributed by atoms with E-state index in [9.17, 15) is 13.4 Å². The van der Waals surface area contributed by atoms with Gasteiger partial charge in [0.05, 0.1) is 27.7 Å². The lowest BCUT2D eigenvalue weighted by Crippen LogP contribution is -2.13. The molecule has 1 atom stereocenters. The Balaban J connectivity index is 0.000000978. The number of rotatable bonds is 11. The number of nitrogens with zero attached hydrogens (tertiary/aromatic N) is 3. The molecule has 0 radical (unpaired) electrons. The number of benzene rings is 2. The summed E-state index contributed by atoms with van der Waals surface area (Å²) in [7, 11) is -2.67. The van der Waals surface area contributed by atoms with Gasteiger partial charge in [-0.2, -0.15) is 5.10 Å². The highest BCUT2D eigenvalue weighted by Crippen LogP contribution is 2.26. The van der Waals surface area contributed by atoms with E-state index in [4.69, 9.17) is 19.5 Å². The molecule has 0 aliphatic heterocycles. The van der Waals surface area contributed by atoms with Gasteiger partial charge in [0.2, 0.25) is 5.88 Å². The van der Waals surface area contributed by atoms with E-state index in [1.54, 1.807) is 12.1 Å². The molecule has 1 unspecified atom stereocenters. The molecule has 9 nitrogen and oxygen atoms in total. The minimum Gasteiger partial charge on any atom is -0.481 e. The Morgan fingerprint density at radius 2 is 1.75 bits per heavy atom. The molecule has 4 rings (SSSR count). The van der Waals surface area contributed by atoms with E-state index in [1.165, 1.54) is 6.07 Å². The molecule has 0 saturated carbocycles. The summed E-state index contributed by atoms with van der Waals surface area (Å²) in [5.41, 5.74) is 5.83. The first-order valence-corrected chi connectivity index (χ1v) is 16.2. The molecule has 0 bridgehead atoms. The highest BCUT2D eigenvalue weighted by atomic mass is 32.2. The van der Waals surface area contributed by atoms with Gasteiger partial charge in [-0.25, -0.2) is 13.3 Å². The normalized spacial score (nSPS) is 12.5. The highest BCUT2D eigenvalue weighted by molar-refractivity contribution is 7.94. The zero-order valence-electron chi connectivity index (χ0n) is 25.8. The number of nitrogens with one attached hydrogen (secondary N) is 1. The van der Waals surface area contributed by atoms with Gasteiger partial charge < -0.3 is 19.7 Å². The Morgan fingerprint density at radius 3 is 2.34 bits per heavy atom. The Hall–Kier alpha value is -4.22. The Morgan fingerprint density at radius 1 is 1.09 bits per heavy atom. The number of aryl methyl sites for hydroxylation is 2. The number of anilines is 1. The minimum absolute atomic E-state index is 0.0936. The Bertz CT molecular complexity index is 1650. The topological polar surface area (TPSA) is 127 Å². The Labute approximate surface area is 259 Å². The van der Waals surface area contributed by atoms with Gasteiger partial charge in [0.15, 0.2) is 0 Å². The second-order valence-corrected chi connectivity index (χ2v) is 13.6. The molecule has 0 saturated heterocycles. The largest absolute Gasteiger partial charge is 0.481 e. The van der Waals surface area contributed by atoms with Crippen molar-refractivity contribution in [3.63, 3.8) is 0 Å². The predicted molar refractivity (Wildman–Crippen MR) is 173 cm³/mol. The summed E-state index contributed by atoms with van der Waals surface area (Å²) < 4.78 is 39.9. The highest BCUT2D eigenvalue weighted by Gasteiger charge is 2.21. The van der Waals surface area contributed by atoms with Crippen LogP contribution >= 0.6 is 0 Å². The van der Waals surface area contributed by atoms with Crippen LogP contribution in [0.5, 0.6) is 5.88 Å². The number of carbonyl (C=O) groups is 1. The Kier molecular flexibility index (Phi) is 11.7. The van der Waals surface area contributed by atoms with Crippen LogP contribution in [0.4, 0.5) is 10.1 Å². The first-order chi connectivity index (χ1) is 20.6. The monoisotopic (exact) mass is 624 g/mol. The zero-order chi connectivity index (χ0) is 32.5. The molecule has 2 aromatic carbocycles. The average Bonchev–Trinajstić information content (AvgIpc) is 3.33. The van der Waals surface area contributed by atoms with Gasteiger partial charge in [0, 0.05) is 42.1 Å². The van der Waals surface area contributed by atoms with Crippen molar-refractivity contribution in [3.8, 4) is 5.88 Å². The van der Waals surface area contributed by atoms with Gasteiger partial charge in [-0.1, -0.05) is 57.2 Å².